The van der Waals surface area contributed by atoms with Gasteiger partial charge in [-0.1, -0.05) is 41.9 Å². The van der Waals surface area contributed by atoms with E-state index in [9.17, 15) is 14.9 Å². The number of amides is 1. The number of halogens is 1. The van der Waals surface area contributed by atoms with Gasteiger partial charge in [0.1, 0.15) is 23.0 Å². The summed E-state index contributed by atoms with van der Waals surface area (Å²) in [4.78, 5) is 27.3. The lowest BCUT2D eigenvalue weighted by atomic mass is 9.82. The van der Waals surface area contributed by atoms with E-state index in [4.69, 9.17) is 16.3 Å². The van der Waals surface area contributed by atoms with Crippen LogP contribution in [0.3, 0.4) is 0 Å². The molecule has 2 aliphatic heterocycles. The highest BCUT2D eigenvalue weighted by molar-refractivity contribution is 6.31. The normalized spacial score (nSPS) is 17.8. The molecule has 1 saturated heterocycles. The molecule has 30 heavy (non-hydrogen) atoms. The van der Waals surface area contributed by atoms with Crippen molar-refractivity contribution in [2.75, 3.05) is 13.1 Å². The first-order valence-corrected chi connectivity index (χ1v) is 10.3. The molecule has 2 aromatic carbocycles. The van der Waals surface area contributed by atoms with Crippen LogP contribution in [-0.2, 0) is 4.79 Å². The standard InChI is InChI=1S/C24H21ClN2O3/c1-16-11-19(25)13-20-21(28)14-24(30-22(16)20)7-9-27(10-8-24)23(29)18(15-26)12-17-5-3-2-4-6-17/h2-6,11-13H,7-10,14H2,1H3/b18-12+. The minimum absolute atomic E-state index is 0.0170. The summed E-state index contributed by atoms with van der Waals surface area (Å²) in [5.41, 5.74) is 1.66. The largest absolute Gasteiger partial charge is 0.486 e. The Morgan fingerprint density at radius 3 is 2.60 bits per heavy atom. The Hall–Kier alpha value is -3.10. The van der Waals surface area contributed by atoms with Crippen LogP contribution in [0.4, 0.5) is 0 Å². The van der Waals surface area contributed by atoms with Gasteiger partial charge in [0.25, 0.3) is 5.91 Å². The minimum Gasteiger partial charge on any atom is -0.486 e. The van der Waals surface area contributed by atoms with Gasteiger partial charge in [0.05, 0.1) is 12.0 Å². The molecule has 0 aliphatic carbocycles. The topological polar surface area (TPSA) is 70.4 Å². The summed E-state index contributed by atoms with van der Waals surface area (Å²) in [5.74, 6) is 0.321. The Morgan fingerprint density at radius 2 is 1.93 bits per heavy atom. The Bertz CT molecular complexity index is 1080. The summed E-state index contributed by atoms with van der Waals surface area (Å²) in [7, 11) is 0. The predicted molar refractivity (Wildman–Crippen MR) is 114 cm³/mol. The van der Waals surface area contributed by atoms with Crippen LogP contribution in [0.5, 0.6) is 5.75 Å². The van der Waals surface area contributed by atoms with Crippen molar-refractivity contribution in [3.05, 3.63) is 69.8 Å². The van der Waals surface area contributed by atoms with E-state index in [-0.39, 0.29) is 23.7 Å². The van der Waals surface area contributed by atoms with Crippen LogP contribution in [0.15, 0.2) is 48.0 Å². The summed E-state index contributed by atoms with van der Waals surface area (Å²) < 4.78 is 6.33. The third kappa shape index (κ3) is 3.83. The number of carbonyl (C=O) groups is 2. The SMILES string of the molecule is Cc1cc(Cl)cc2c1OC1(CCN(C(=O)/C(C#N)=C/c3ccccc3)CC1)CC2=O. The lowest BCUT2D eigenvalue weighted by Gasteiger charge is -2.44. The zero-order chi connectivity index (χ0) is 21.3. The Balaban J connectivity index is 1.50. The first-order chi connectivity index (χ1) is 14.4. The number of hydrogen-bond donors (Lipinski definition) is 0. The second-order valence-electron chi connectivity index (χ2n) is 7.86. The molecule has 4 rings (SSSR count). The molecule has 0 radical (unpaired) electrons. The molecule has 2 heterocycles. The molecule has 152 valence electrons. The highest BCUT2D eigenvalue weighted by Gasteiger charge is 2.44. The van der Waals surface area contributed by atoms with E-state index in [1.54, 1.807) is 23.1 Å². The lowest BCUT2D eigenvalue weighted by Crippen LogP contribution is -2.52. The van der Waals surface area contributed by atoms with E-state index in [1.807, 2.05) is 43.3 Å². The summed E-state index contributed by atoms with van der Waals surface area (Å²) in [6.45, 7) is 2.74. The molecule has 1 amide bonds. The van der Waals surface area contributed by atoms with Gasteiger partial charge in [-0.25, -0.2) is 0 Å². The molecule has 1 fully saturated rings. The number of benzene rings is 2. The number of nitrogens with zero attached hydrogens (tertiary/aromatic N) is 2. The second kappa shape index (κ2) is 7.97. The maximum atomic E-state index is 12.9. The summed E-state index contributed by atoms with van der Waals surface area (Å²) >= 11 is 6.10. The maximum Gasteiger partial charge on any atom is 0.264 e. The third-order valence-corrected chi connectivity index (χ3v) is 5.98. The van der Waals surface area contributed by atoms with Gasteiger partial charge in [-0.15, -0.1) is 0 Å². The summed E-state index contributed by atoms with van der Waals surface area (Å²) in [6.07, 6.45) is 2.95. The van der Waals surface area contributed by atoms with E-state index in [0.717, 1.165) is 11.1 Å². The number of fused-ring (bicyclic) bond motifs is 1. The number of ether oxygens (including phenoxy) is 1. The molecule has 0 atom stereocenters. The average Bonchev–Trinajstić information content (AvgIpc) is 2.74. The van der Waals surface area contributed by atoms with Crippen LogP contribution in [0.2, 0.25) is 5.02 Å². The van der Waals surface area contributed by atoms with Crippen LogP contribution in [0.1, 0.15) is 40.7 Å². The van der Waals surface area contributed by atoms with E-state index in [1.165, 1.54) is 0 Å². The van der Waals surface area contributed by atoms with E-state index >= 15 is 0 Å². The zero-order valence-electron chi connectivity index (χ0n) is 16.7. The van der Waals surface area contributed by atoms with E-state index in [0.29, 0.717) is 42.3 Å². The van der Waals surface area contributed by atoms with Gasteiger partial charge in [-0.2, -0.15) is 5.26 Å². The fourth-order valence-electron chi connectivity index (χ4n) is 4.14. The number of rotatable bonds is 2. The predicted octanol–water partition coefficient (Wildman–Crippen LogP) is 4.58. The van der Waals surface area contributed by atoms with Gasteiger partial charge in [-0.3, -0.25) is 9.59 Å². The quantitative estimate of drug-likeness (QED) is 0.526. The van der Waals surface area contributed by atoms with Crippen LogP contribution < -0.4 is 4.74 Å². The minimum atomic E-state index is -0.616. The van der Waals surface area contributed by atoms with E-state index < -0.39 is 5.60 Å². The summed E-state index contributed by atoms with van der Waals surface area (Å²) in [5, 5.41) is 10.0. The first kappa shape index (κ1) is 20.2. The molecule has 0 unspecified atom stereocenters. The molecule has 0 N–H and O–H groups in total. The van der Waals surface area contributed by atoms with Crippen molar-refractivity contribution >= 4 is 29.4 Å². The zero-order valence-corrected chi connectivity index (χ0v) is 17.4. The summed E-state index contributed by atoms with van der Waals surface area (Å²) in [6, 6.07) is 14.8. The number of aryl methyl sites for hydroxylation is 1. The first-order valence-electron chi connectivity index (χ1n) is 9.89. The lowest BCUT2D eigenvalue weighted by molar-refractivity contribution is -0.130. The monoisotopic (exact) mass is 420 g/mol. The number of nitriles is 1. The Labute approximate surface area is 180 Å². The van der Waals surface area contributed by atoms with Crippen LogP contribution in [0, 0.1) is 18.3 Å². The molecule has 2 aliphatic rings. The number of ketones is 1. The molecule has 0 bridgehead atoms. The maximum absolute atomic E-state index is 12.9. The van der Waals surface area contributed by atoms with Gasteiger partial charge in [0.15, 0.2) is 5.78 Å². The molecule has 0 saturated carbocycles. The smallest absolute Gasteiger partial charge is 0.264 e. The number of hydrogen-bond acceptors (Lipinski definition) is 4. The number of piperidine rings is 1. The van der Waals surface area contributed by atoms with Crippen molar-refractivity contribution < 1.29 is 14.3 Å². The van der Waals surface area contributed by atoms with Crippen molar-refractivity contribution in [1.29, 1.82) is 5.26 Å². The van der Waals surface area contributed by atoms with Gasteiger partial charge in [-0.05, 0) is 36.3 Å². The molecule has 1 spiro atoms. The van der Waals surface area contributed by atoms with Crippen molar-refractivity contribution in [2.45, 2.75) is 31.8 Å². The van der Waals surface area contributed by atoms with Crippen molar-refractivity contribution in [2.24, 2.45) is 0 Å². The highest BCUT2D eigenvalue weighted by Crippen LogP contribution is 2.42. The molecule has 0 aromatic heterocycles. The number of carbonyl (C=O) groups excluding carboxylic acids is 2. The molecular formula is C24H21ClN2O3. The number of likely N-dealkylation sites (tertiary alicyclic amines) is 1. The Kier molecular flexibility index (Phi) is 5.36. The van der Waals surface area contributed by atoms with Crippen LogP contribution in [0.25, 0.3) is 6.08 Å². The highest BCUT2D eigenvalue weighted by atomic mass is 35.5. The Morgan fingerprint density at radius 1 is 1.23 bits per heavy atom. The molecule has 6 heteroatoms. The molecular weight excluding hydrogens is 400 g/mol. The van der Waals surface area contributed by atoms with Crippen LogP contribution in [-0.4, -0.2) is 35.3 Å². The fraction of sp³-hybridized carbons (Fsp3) is 0.292. The number of Topliss-reactive ketones (excluding diaryl/α,β-unsaturated/α-hetero) is 1. The van der Waals surface area contributed by atoms with Gasteiger partial charge in [0.2, 0.25) is 0 Å². The van der Waals surface area contributed by atoms with E-state index in [2.05, 4.69) is 0 Å². The second-order valence-corrected chi connectivity index (χ2v) is 8.29. The van der Waals surface area contributed by atoms with Crippen molar-refractivity contribution in [3.8, 4) is 11.8 Å². The average molecular weight is 421 g/mol. The molecule has 5 nitrogen and oxygen atoms in total. The van der Waals surface area contributed by atoms with Gasteiger partial charge in [0, 0.05) is 31.0 Å². The van der Waals surface area contributed by atoms with Crippen molar-refractivity contribution in [1.82, 2.24) is 4.90 Å². The fourth-order valence-corrected chi connectivity index (χ4v) is 4.41. The van der Waals surface area contributed by atoms with Gasteiger partial charge >= 0.3 is 0 Å². The van der Waals surface area contributed by atoms with Crippen molar-refractivity contribution in [3.63, 3.8) is 0 Å². The molecule has 2 aromatic rings. The van der Waals surface area contributed by atoms with Gasteiger partial charge < -0.3 is 9.64 Å². The third-order valence-electron chi connectivity index (χ3n) is 5.76. The van der Waals surface area contributed by atoms with Crippen LogP contribution >= 0.6 is 11.6 Å².